The molecule has 0 bridgehead atoms. The number of unbranched alkanes of at least 4 members (excludes halogenated alkanes) is 1. The fourth-order valence-electron chi connectivity index (χ4n) is 4.37. The summed E-state index contributed by atoms with van der Waals surface area (Å²) in [5, 5.41) is 0. The molecule has 0 aromatic heterocycles. The number of fused-ring (bicyclic) bond motifs is 1. The van der Waals surface area contributed by atoms with E-state index >= 15 is 0 Å². The highest BCUT2D eigenvalue weighted by molar-refractivity contribution is 9.10. The third-order valence-electron chi connectivity index (χ3n) is 6.54. The van der Waals surface area contributed by atoms with E-state index in [4.69, 9.17) is 4.74 Å². The van der Waals surface area contributed by atoms with Gasteiger partial charge in [0.15, 0.2) is 0 Å². The Morgan fingerprint density at radius 1 is 1.19 bits per heavy atom. The Balaban J connectivity index is 2.19. The number of nitrogens with zero attached hydrogens (tertiary/aromatic N) is 2. The zero-order chi connectivity index (χ0) is 26.5. The highest BCUT2D eigenvalue weighted by Gasteiger charge is 2.46. The summed E-state index contributed by atoms with van der Waals surface area (Å²) in [5.74, 6) is -2.33. The molecule has 0 amide bonds. The van der Waals surface area contributed by atoms with E-state index in [0.29, 0.717) is 35.8 Å². The third-order valence-corrected chi connectivity index (χ3v) is 9.16. The van der Waals surface area contributed by atoms with Crippen LogP contribution in [0.15, 0.2) is 63.9 Å². The number of benzene rings is 2. The molecule has 0 radical (unpaired) electrons. The molecule has 2 aromatic carbocycles. The third kappa shape index (κ3) is 5.60. The minimum Gasteiger partial charge on any atom is -0.461 e. The molecule has 1 aliphatic rings. The molecule has 7 nitrogen and oxygen atoms in total. The maximum absolute atomic E-state index is 14.1. The summed E-state index contributed by atoms with van der Waals surface area (Å²) in [7, 11) is -2.35. The van der Waals surface area contributed by atoms with E-state index in [9.17, 15) is 17.6 Å². The molecule has 1 atom stereocenters. The largest absolute Gasteiger partial charge is 0.461 e. The Morgan fingerprint density at radius 2 is 1.89 bits per heavy atom. The topological polar surface area (TPSA) is 76.1 Å². The second kappa shape index (κ2) is 11.7. The average Bonchev–Trinajstić information content (AvgIpc) is 2.94. The molecular weight excluding hydrogens is 551 g/mol. The van der Waals surface area contributed by atoms with E-state index in [1.807, 2.05) is 42.2 Å². The van der Waals surface area contributed by atoms with E-state index in [-0.39, 0.29) is 17.3 Å². The minimum atomic E-state index is -3.97. The first-order valence-corrected chi connectivity index (χ1v) is 14.2. The van der Waals surface area contributed by atoms with Gasteiger partial charge in [0.05, 0.1) is 22.3 Å². The number of rotatable bonds is 9. The maximum Gasteiger partial charge on any atom is 0.370 e. The van der Waals surface area contributed by atoms with Crippen molar-refractivity contribution < 1.29 is 27.1 Å². The Kier molecular flexibility index (Phi) is 9.18. The van der Waals surface area contributed by atoms with Gasteiger partial charge in [-0.2, -0.15) is 8.70 Å². The van der Waals surface area contributed by atoms with Crippen molar-refractivity contribution in [3.63, 3.8) is 0 Å². The zero-order valence-electron chi connectivity index (χ0n) is 21.0. The number of carbonyl (C=O) groups excluding carboxylic acids is 1. The fraction of sp³-hybridized carbons (Fsp3) is 0.423. The van der Waals surface area contributed by atoms with Crippen molar-refractivity contribution in [3.8, 4) is 5.75 Å². The van der Waals surface area contributed by atoms with Crippen LogP contribution in [0, 0.1) is 0 Å². The molecule has 0 fully saturated rings. The highest BCUT2D eigenvalue weighted by atomic mass is 79.9. The zero-order valence-corrected chi connectivity index (χ0v) is 23.4. The van der Waals surface area contributed by atoms with E-state index in [1.165, 1.54) is 10.4 Å². The van der Waals surface area contributed by atoms with Gasteiger partial charge in [-0.05, 0) is 53.9 Å². The summed E-state index contributed by atoms with van der Waals surface area (Å²) >= 11 is 3.43. The first-order valence-electron chi connectivity index (χ1n) is 12.0. The van der Waals surface area contributed by atoms with E-state index < -0.39 is 27.4 Å². The van der Waals surface area contributed by atoms with Gasteiger partial charge in [0.1, 0.15) is 16.9 Å². The molecule has 0 aliphatic carbocycles. The molecule has 1 unspecified atom stereocenters. The standard InChI is InChI=1S/C26H32BrFN2O5S/c1-5-8-14-26(6-2)18-30(19-12-10-9-11-13-19)22-15-20(27)23(16-24(22)36(32,33)29(26)4)35-17-21(28)25(31)34-7-3/h9-13,15-17H,5-8,14,18H2,1-4H3/b21-17-. The number of sulfonamides is 1. The van der Waals surface area contributed by atoms with Gasteiger partial charge in [0.2, 0.25) is 15.9 Å². The number of ether oxygens (including phenoxy) is 2. The van der Waals surface area contributed by atoms with E-state index in [1.54, 1.807) is 20.0 Å². The van der Waals surface area contributed by atoms with Crippen LogP contribution >= 0.6 is 15.9 Å². The lowest BCUT2D eigenvalue weighted by Crippen LogP contribution is -2.53. The molecule has 10 heteroatoms. The molecule has 36 heavy (non-hydrogen) atoms. The Labute approximate surface area is 221 Å². The van der Waals surface area contributed by atoms with Crippen LogP contribution in [0.1, 0.15) is 46.5 Å². The smallest absolute Gasteiger partial charge is 0.370 e. The summed E-state index contributed by atoms with van der Waals surface area (Å²) in [6.07, 6.45) is 3.76. The molecular formula is C26H32BrFN2O5S. The van der Waals surface area contributed by atoms with Gasteiger partial charge in [0.25, 0.3) is 0 Å². The SMILES string of the molecule is CCCCC1(CC)CN(c2ccccc2)c2cc(Br)c(O/C=C(\F)C(=O)OCC)cc2S(=O)(=O)N1C. The van der Waals surface area contributed by atoms with Gasteiger partial charge in [-0.1, -0.05) is 44.9 Å². The summed E-state index contributed by atoms with van der Waals surface area (Å²) in [6.45, 7) is 6.13. The van der Waals surface area contributed by atoms with Crippen LogP contribution in [0.5, 0.6) is 5.75 Å². The monoisotopic (exact) mass is 582 g/mol. The number of hydrogen-bond donors (Lipinski definition) is 0. The summed E-state index contributed by atoms with van der Waals surface area (Å²) in [5.41, 5.74) is 0.689. The Morgan fingerprint density at radius 3 is 2.50 bits per heavy atom. The second-order valence-corrected chi connectivity index (χ2v) is 11.4. The second-order valence-electron chi connectivity index (χ2n) is 8.63. The number of hydrogen-bond acceptors (Lipinski definition) is 6. The number of carbonyl (C=O) groups is 1. The average molecular weight is 584 g/mol. The van der Waals surface area contributed by atoms with E-state index in [0.717, 1.165) is 18.5 Å². The summed E-state index contributed by atoms with van der Waals surface area (Å²) in [4.78, 5) is 13.6. The van der Waals surface area contributed by atoms with Crippen molar-refractivity contribution in [2.75, 3.05) is 25.1 Å². The molecule has 0 spiro atoms. The van der Waals surface area contributed by atoms with Crippen LogP contribution in [-0.4, -0.2) is 44.4 Å². The van der Waals surface area contributed by atoms with E-state index in [2.05, 4.69) is 27.6 Å². The molecule has 0 saturated heterocycles. The van der Waals surface area contributed by atoms with Crippen LogP contribution < -0.4 is 9.64 Å². The molecule has 1 aliphatic heterocycles. The summed E-state index contributed by atoms with van der Waals surface area (Å²) < 4.78 is 54.0. The molecule has 3 rings (SSSR count). The fourth-order valence-corrected chi connectivity index (χ4v) is 6.57. The lowest BCUT2D eigenvalue weighted by molar-refractivity contribution is -0.140. The van der Waals surface area contributed by atoms with Crippen LogP contribution in [0.4, 0.5) is 15.8 Å². The predicted molar refractivity (Wildman–Crippen MR) is 142 cm³/mol. The molecule has 196 valence electrons. The molecule has 1 heterocycles. The number of anilines is 2. The lowest BCUT2D eigenvalue weighted by atomic mass is 9.88. The first-order chi connectivity index (χ1) is 17.1. The van der Waals surface area contributed by atoms with Crippen LogP contribution in [0.2, 0.25) is 0 Å². The normalized spacial score (nSPS) is 19.9. The molecule has 2 aromatic rings. The number of para-hydroxylation sites is 1. The van der Waals surface area contributed by atoms with Crippen molar-refractivity contribution in [1.82, 2.24) is 4.31 Å². The quantitative estimate of drug-likeness (QED) is 0.196. The molecule has 0 saturated carbocycles. The van der Waals surface area contributed by atoms with Gasteiger partial charge in [0, 0.05) is 25.3 Å². The van der Waals surface area contributed by atoms with Crippen LogP contribution in [0.3, 0.4) is 0 Å². The van der Waals surface area contributed by atoms with Crippen molar-refractivity contribution >= 4 is 43.3 Å². The van der Waals surface area contributed by atoms with Gasteiger partial charge in [-0.25, -0.2) is 13.2 Å². The number of halogens is 2. The number of likely N-dealkylation sites (N-methyl/N-ethyl adjacent to an activating group) is 1. The van der Waals surface area contributed by atoms with Crippen molar-refractivity contribution in [2.45, 2.75) is 56.9 Å². The molecule has 0 N–H and O–H groups in total. The van der Waals surface area contributed by atoms with Gasteiger partial charge < -0.3 is 14.4 Å². The maximum atomic E-state index is 14.1. The minimum absolute atomic E-state index is 0.0136. The lowest BCUT2D eigenvalue weighted by Gasteiger charge is -2.41. The Hall–Kier alpha value is -2.43. The Bertz CT molecular complexity index is 1220. The van der Waals surface area contributed by atoms with Crippen LogP contribution in [0.25, 0.3) is 0 Å². The highest BCUT2D eigenvalue weighted by Crippen LogP contribution is 2.46. The predicted octanol–water partition coefficient (Wildman–Crippen LogP) is 6.31. The van der Waals surface area contributed by atoms with Crippen molar-refractivity contribution in [1.29, 1.82) is 0 Å². The van der Waals surface area contributed by atoms with Gasteiger partial charge in [-0.3, -0.25) is 0 Å². The summed E-state index contributed by atoms with van der Waals surface area (Å²) in [6, 6.07) is 12.6. The van der Waals surface area contributed by atoms with Gasteiger partial charge >= 0.3 is 5.97 Å². The van der Waals surface area contributed by atoms with Crippen LogP contribution in [-0.2, 0) is 19.6 Å². The first kappa shape index (κ1) is 28.1. The van der Waals surface area contributed by atoms with Crippen molar-refractivity contribution in [2.24, 2.45) is 0 Å². The van der Waals surface area contributed by atoms with Gasteiger partial charge in [-0.15, -0.1) is 0 Å². The van der Waals surface area contributed by atoms with Crippen molar-refractivity contribution in [3.05, 3.63) is 59.0 Å². The number of esters is 1.